The lowest BCUT2D eigenvalue weighted by Gasteiger charge is -2.46. The first-order valence-corrected chi connectivity index (χ1v) is 7.45. The molecule has 0 saturated heterocycles. The Morgan fingerprint density at radius 1 is 1.18 bits per heavy atom. The summed E-state index contributed by atoms with van der Waals surface area (Å²) in [5, 5.41) is 3.55. The minimum Gasteiger partial charge on any atom is -0.315 e. The molecule has 0 aromatic carbocycles. The van der Waals surface area contributed by atoms with Crippen LogP contribution in [0.4, 0.5) is 0 Å². The van der Waals surface area contributed by atoms with Gasteiger partial charge in [0.1, 0.15) is 0 Å². The van der Waals surface area contributed by atoms with Crippen LogP contribution in [0.15, 0.2) is 0 Å². The lowest BCUT2D eigenvalue weighted by atomic mass is 9.72. The van der Waals surface area contributed by atoms with E-state index in [4.69, 9.17) is 0 Å². The molecule has 102 valence electrons. The molecule has 0 heterocycles. The summed E-state index contributed by atoms with van der Waals surface area (Å²) in [6, 6.07) is 1.43. The fraction of sp³-hybridized carbons (Fsp3) is 1.00. The number of hydrogen-bond acceptors (Lipinski definition) is 2. The molecule has 2 unspecified atom stereocenters. The number of nitrogens with zero attached hydrogens (tertiary/aromatic N) is 1. The summed E-state index contributed by atoms with van der Waals surface area (Å²) in [5.41, 5.74) is 0.526. The summed E-state index contributed by atoms with van der Waals surface area (Å²) in [5.74, 6) is 0. The first-order chi connectivity index (χ1) is 8.04. The van der Waals surface area contributed by atoms with Crippen LogP contribution in [0.25, 0.3) is 0 Å². The maximum absolute atomic E-state index is 3.55. The normalized spacial score (nSPS) is 28.6. The van der Waals surface area contributed by atoms with Gasteiger partial charge in [-0.15, -0.1) is 0 Å². The fourth-order valence-electron chi connectivity index (χ4n) is 3.29. The molecule has 1 aliphatic carbocycles. The van der Waals surface area contributed by atoms with Crippen molar-refractivity contribution >= 4 is 0 Å². The van der Waals surface area contributed by atoms with Gasteiger partial charge in [0.2, 0.25) is 0 Å². The zero-order chi connectivity index (χ0) is 12.9. The zero-order valence-corrected chi connectivity index (χ0v) is 12.6. The van der Waals surface area contributed by atoms with Gasteiger partial charge in [0, 0.05) is 12.1 Å². The van der Waals surface area contributed by atoms with Crippen molar-refractivity contribution in [2.45, 2.75) is 71.9 Å². The van der Waals surface area contributed by atoms with E-state index in [1.165, 1.54) is 45.2 Å². The van der Waals surface area contributed by atoms with Crippen LogP contribution in [-0.2, 0) is 0 Å². The highest BCUT2D eigenvalue weighted by Gasteiger charge is 2.36. The van der Waals surface area contributed by atoms with E-state index in [0.717, 1.165) is 6.04 Å². The molecule has 2 atom stereocenters. The molecule has 0 aromatic heterocycles. The van der Waals surface area contributed by atoms with Gasteiger partial charge >= 0.3 is 0 Å². The van der Waals surface area contributed by atoms with Crippen LogP contribution >= 0.6 is 0 Å². The van der Waals surface area contributed by atoms with Crippen LogP contribution in [0.2, 0.25) is 0 Å². The molecule has 0 radical (unpaired) electrons. The van der Waals surface area contributed by atoms with Crippen molar-refractivity contribution in [3.8, 4) is 0 Å². The van der Waals surface area contributed by atoms with Gasteiger partial charge in [-0.2, -0.15) is 0 Å². The van der Waals surface area contributed by atoms with E-state index in [-0.39, 0.29) is 0 Å². The van der Waals surface area contributed by atoms with Gasteiger partial charge in [-0.3, -0.25) is 4.90 Å². The average Bonchev–Trinajstić information content (AvgIpc) is 2.28. The molecule has 1 aliphatic rings. The Balaban J connectivity index is 2.71. The summed E-state index contributed by atoms with van der Waals surface area (Å²) < 4.78 is 0. The maximum atomic E-state index is 3.55. The van der Waals surface area contributed by atoms with E-state index in [1.54, 1.807) is 0 Å². The predicted molar refractivity (Wildman–Crippen MR) is 76.4 cm³/mol. The van der Waals surface area contributed by atoms with Gasteiger partial charge in [-0.05, 0) is 57.7 Å². The highest BCUT2D eigenvalue weighted by atomic mass is 15.2. The van der Waals surface area contributed by atoms with Crippen LogP contribution in [-0.4, -0.2) is 37.1 Å². The lowest BCUT2D eigenvalue weighted by Crippen LogP contribution is -2.54. The van der Waals surface area contributed by atoms with Gasteiger partial charge in [-0.25, -0.2) is 0 Å². The number of likely N-dealkylation sites (N-methyl/N-ethyl adjacent to an activating group) is 1. The Morgan fingerprint density at radius 3 is 2.24 bits per heavy atom. The van der Waals surface area contributed by atoms with E-state index in [2.05, 4.69) is 45.0 Å². The van der Waals surface area contributed by atoms with Gasteiger partial charge < -0.3 is 5.32 Å². The van der Waals surface area contributed by atoms with Crippen molar-refractivity contribution in [1.29, 1.82) is 0 Å². The molecule has 0 bridgehead atoms. The second-order valence-electron chi connectivity index (χ2n) is 6.41. The molecule has 2 nitrogen and oxygen atoms in total. The summed E-state index contributed by atoms with van der Waals surface area (Å²) in [4.78, 5) is 2.72. The molecular formula is C15H32N2. The van der Waals surface area contributed by atoms with Crippen LogP contribution in [0.1, 0.15) is 59.8 Å². The predicted octanol–water partition coefficient (Wildman–Crippen LogP) is 3.28. The summed E-state index contributed by atoms with van der Waals surface area (Å²) in [6.45, 7) is 12.0. The third-order valence-electron chi connectivity index (χ3n) is 4.22. The Labute approximate surface area is 108 Å². The molecular weight excluding hydrogens is 208 g/mol. The van der Waals surface area contributed by atoms with Crippen LogP contribution in [0.3, 0.4) is 0 Å². The van der Waals surface area contributed by atoms with E-state index in [9.17, 15) is 0 Å². The molecule has 1 fully saturated rings. The Bertz CT molecular complexity index is 207. The largest absolute Gasteiger partial charge is 0.315 e. The number of nitrogens with one attached hydrogen (secondary N) is 1. The first-order valence-electron chi connectivity index (χ1n) is 7.45. The van der Waals surface area contributed by atoms with E-state index in [1.807, 2.05) is 0 Å². The van der Waals surface area contributed by atoms with Gasteiger partial charge in [0.25, 0.3) is 0 Å². The molecule has 1 N–H and O–H groups in total. The maximum Gasteiger partial charge on any atom is 0.0254 e. The standard InChI is InChI=1S/C15H32N2/c1-6-10-17(11-7-2)14-12-15(3,4)9-8-13(14)16-5/h13-14,16H,6-12H2,1-5H3. The fourth-order valence-corrected chi connectivity index (χ4v) is 3.29. The van der Waals surface area contributed by atoms with Crippen LogP contribution < -0.4 is 5.32 Å². The van der Waals surface area contributed by atoms with Crippen molar-refractivity contribution in [2.75, 3.05) is 20.1 Å². The van der Waals surface area contributed by atoms with Crippen LogP contribution in [0.5, 0.6) is 0 Å². The Kier molecular flexibility index (Phi) is 5.94. The van der Waals surface area contributed by atoms with E-state index in [0.29, 0.717) is 11.5 Å². The van der Waals surface area contributed by atoms with Gasteiger partial charge in [-0.1, -0.05) is 27.7 Å². The average molecular weight is 240 g/mol. The monoisotopic (exact) mass is 240 g/mol. The third kappa shape index (κ3) is 4.26. The van der Waals surface area contributed by atoms with Crippen molar-refractivity contribution in [1.82, 2.24) is 10.2 Å². The quantitative estimate of drug-likeness (QED) is 0.766. The first kappa shape index (κ1) is 15.0. The molecule has 2 heteroatoms. The summed E-state index contributed by atoms with van der Waals surface area (Å²) in [6.07, 6.45) is 6.58. The van der Waals surface area contributed by atoms with E-state index < -0.39 is 0 Å². The lowest BCUT2D eigenvalue weighted by molar-refractivity contribution is 0.0672. The number of hydrogen-bond donors (Lipinski definition) is 1. The van der Waals surface area contributed by atoms with Gasteiger partial charge in [0.15, 0.2) is 0 Å². The zero-order valence-electron chi connectivity index (χ0n) is 12.6. The van der Waals surface area contributed by atoms with Crippen molar-refractivity contribution in [2.24, 2.45) is 5.41 Å². The van der Waals surface area contributed by atoms with Crippen molar-refractivity contribution in [3.05, 3.63) is 0 Å². The summed E-state index contributed by atoms with van der Waals surface area (Å²) >= 11 is 0. The highest BCUT2D eigenvalue weighted by Crippen LogP contribution is 2.37. The van der Waals surface area contributed by atoms with Crippen LogP contribution in [0, 0.1) is 5.41 Å². The topological polar surface area (TPSA) is 15.3 Å². The van der Waals surface area contributed by atoms with E-state index >= 15 is 0 Å². The molecule has 0 amide bonds. The second-order valence-corrected chi connectivity index (χ2v) is 6.41. The molecule has 1 rings (SSSR count). The molecule has 0 spiro atoms. The summed E-state index contributed by atoms with van der Waals surface area (Å²) in [7, 11) is 2.13. The molecule has 1 saturated carbocycles. The SMILES string of the molecule is CCCN(CCC)C1CC(C)(C)CCC1NC. The second kappa shape index (κ2) is 6.75. The number of rotatable bonds is 6. The molecule has 0 aromatic rings. The van der Waals surface area contributed by atoms with Crippen molar-refractivity contribution < 1.29 is 0 Å². The minimum absolute atomic E-state index is 0.526. The smallest absolute Gasteiger partial charge is 0.0254 e. The minimum atomic E-state index is 0.526. The Hall–Kier alpha value is -0.0800. The third-order valence-corrected chi connectivity index (χ3v) is 4.22. The Morgan fingerprint density at radius 2 is 1.76 bits per heavy atom. The van der Waals surface area contributed by atoms with Crippen molar-refractivity contribution in [3.63, 3.8) is 0 Å². The highest BCUT2D eigenvalue weighted by molar-refractivity contribution is 4.93. The molecule has 17 heavy (non-hydrogen) atoms. The molecule has 0 aliphatic heterocycles. The van der Waals surface area contributed by atoms with Gasteiger partial charge in [0.05, 0.1) is 0 Å².